The molecule has 2 N–H and O–H groups in total. The van der Waals surface area contributed by atoms with Crippen LogP contribution in [0.1, 0.15) is 17.0 Å². The quantitative estimate of drug-likeness (QED) is 0.480. The number of fused-ring (bicyclic) bond motifs is 4. The smallest absolute Gasteiger partial charge is 0.205 e. The Balaban J connectivity index is 1.83. The molecule has 0 saturated heterocycles. The van der Waals surface area contributed by atoms with E-state index in [2.05, 4.69) is 36.4 Å². The monoisotopic (exact) mass is 348 g/mol. The van der Waals surface area contributed by atoms with Crippen LogP contribution in [-0.4, -0.2) is 0 Å². The summed E-state index contributed by atoms with van der Waals surface area (Å²) in [4.78, 5) is 0. The second kappa shape index (κ2) is 5.89. The van der Waals surface area contributed by atoms with Crippen LogP contribution in [0.4, 0.5) is 0 Å². The molecule has 3 nitrogen and oxygen atoms in total. The first-order valence-corrected chi connectivity index (χ1v) is 8.84. The predicted molar refractivity (Wildman–Crippen MR) is 107 cm³/mol. The lowest BCUT2D eigenvalue weighted by atomic mass is 9.82. The second-order valence-corrected chi connectivity index (χ2v) is 6.74. The molecule has 0 radical (unpaired) electrons. The number of benzene rings is 4. The van der Waals surface area contributed by atoms with Crippen LogP contribution in [-0.2, 0) is 0 Å². The van der Waals surface area contributed by atoms with Gasteiger partial charge in [0.15, 0.2) is 0 Å². The van der Waals surface area contributed by atoms with Gasteiger partial charge in [0.25, 0.3) is 0 Å². The third-order valence-corrected chi connectivity index (χ3v) is 5.20. The Bertz CT molecular complexity index is 1270. The standard InChI is InChI=1S/C24H16N2O/c25-14-21-22(15-6-2-1-3-7-15)19-11-10-18-12-16-8-4-5-9-17(16)13-20(18)23(19)27-24(21)26/h1-13,22H,26H2. The van der Waals surface area contributed by atoms with Gasteiger partial charge < -0.3 is 10.5 Å². The van der Waals surface area contributed by atoms with Crippen LogP contribution < -0.4 is 10.5 Å². The lowest BCUT2D eigenvalue weighted by Crippen LogP contribution is -2.21. The number of hydrogen-bond acceptors (Lipinski definition) is 3. The minimum absolute atomic E-state index is 0.180. The van der Waals surface area contributed by atoms with Crippen LogP contribution in [0.25, 0.3) is 21.5 Å². The maximum atomic E-state index is 9.71. The molecule has 4 aromatic carbocycles. The molecule has 0 aliphatic carbocycles. The molecule has 0 amide bonds. The van der Waals surface area contributed by atoms with Gasteiger partial charge in [0.2, 0.25) is 5.88 Å². The average molecular weight is 348 g/mol. The summed E-state index contributed by atoms with van der Waals surface area (Å²) in [6, 6.07) is 28.9. The van der Waals surface area contributed by atoms with Crippen molar-refractivity contribution in [1.82, 2.24) is 0 Å². The van der Waals surface area contributed by atoms with E-state index in [9.17, 15) is 5.26 Å². The Kier molecular flexibility index (Phi) is 3.38. The lowest BCUT2D eigenvalue weighted by Gasteiger charge is -2.27. The molecule has 1 aliphatic rings. The molecule has 0 spiro atoms. The molecule has 0 fully saturated rings. The Morgan fingerprint density at radius 3 is 2.26 bits per heavy atom. The highest BCUT2D eigenvalue weighted by atomic mass is 16.5. The fourth-order valence-electron chi connectivity index (χ4n) is 3.92. The van der Waals surface area contributed by atoms with Crippen LogP contribution in [0.2, 0.25) is 0 Å². The van der Waals surface area contributed by atoms with Gasteiger partial charge in [0, 0.05) is 10.9 Å². The maximum absolute atomic E-state index is 9.71. The van der Waals surface area contributed by atoms with E-state index >= 15 is 0 Å². The average Bonchev–Trinajstić information content (AvgIpc) is 2.72. The molecule has 1 aliphatic heterocycles. The first kappa shape index (κ1) is 15.5. The molecular weight excluding hydrogens is 332 g/mol. The lowest BCUT2D eigenvalue weighted by molar-refractivity contribution is 0.398. The summed E-state index contributed by atoms with van der Waals surface area (Å²) in [5.74, 6) is 0.693. The van der Waals surface area contributed by atoms with E-state index in [-0.39, 0.29) is 11.8 Å². The van der Waals surface area contributed by atoms with Gasteiger partial charge in [-0.05, 0) is 33.9 Å². The zero-order chi connectivity index (χ0) is 18.4. The number of ether oxygens (including phenoxy) is 1. The largest absolute Gasteiger partial charge is 0.440 e. The van der Waals surface area contributed by atoms with Gasteiger partial charge in [-0.3, -0.25) is 0 Å². The summed E-state index contributed by atoms with van der Waals surface area (Å²) < 4.78 is 5.98. The van der Waals surface area contributed by atoms with Crippen molar-refractivity contribution in [2.24, 2.45) is 5.73 Å². The number of allylic oxidation sites excluding steroid dienone is 1. The molecule has 27 heavy (non-hydrogen) atoms. The molecule has 0 bridgehead atoms. The number of nitriles is 1. The molecule has 0 saturated carbocycles. The van der Waals surface area contributed by atoms with Gasteiger partial charge in [-0.25, -0.2) is 0 Å². The molecule has 1 atom stereocenters. The molecule has 1 heterocycles. The van der Waals surface area contributed by atoms with Crippen LogP contribution in [0, 0.1) is 11.3 Å². The van der Waals surface area contributed by atoms with Gasteiger partial charge in [0.1, 0.15) is 17.4 Å². The molecule has 3 heteroatoms. The van der Waals surface area contributed by atoms with E-state index in [0.29, 0.717) is 5.57 Å². The minimum Gasteiger partial charge on any atom is -0.440 e. The van der Waals surface area contributed by atoms with Crippen LogP contribution >= 0.6 is 0 Å². The van der Waals surface area contributed by atoms with Crippen molar-refractivity contribution < 1.29 is 4.74 Å². The molecule has 4 aromatic rings. The van der Waals surface area contributed by atoms with Crippen molar-refractivity contribution in [3.05, 3.63) is 101 Å². The van der Waals surface area contributed by atoms with Gasteiger partial charge in [-0.1, -0.05) is 66.7 Å². The fourth-order valence-corrected chi connectivity index (χ4v) is 3.92. The van der Waals surface area contributed by atoms with Crippen LogP contribution in [0.15, 0.2) is 90.3 Å². The number of hydrogen-bond donors (Lipinski definition) is 1. The van der Waals surface area contributed by atoms with Crippen molar-refractivity contribution in [3.8, 4) is 11.8 Å². The number of rotatable bonds is 1. The Morgan fingerprint density at radius 1 is 0.815 bits per heavy atom. The maximum Gasteiger partial charge on any atom is 0.205 e. The zero-order valence-corrected chi connectivity index (χ0v) is 14.5. The van der Waals surface area contributed by atoms with Crippen molar-refractivity contribution >= 4 is 21.5 Å². The molecule has 1 unspecified atom stereocenters. The van der Waals surface area contributed by atoms with Crippen LogP contribution in [0.3, 0.4) is 0 Å². The number of nitrogens with two attached hydrogens (primary N) is 1. The van der Waals surface area contributed by atoms with Gasteiger partial charge in [-0.2, -0.15) is 5.26 Å². The first-order valence-electron chi connectivity index (χ1n) is 8.84. The van der Waals surface area contributed by atoms with Gasteiger partial charge >= 0.3 is 0 Å². The van der Waals surface area contributed by atoms with Crippen molar-refractivity contribution in [1.29, 1.82) is 5.26 Å². The molecular formula is C24H16N2O. The highest BCUT2D eigenvalue weighted by molar-refractivity contribution is 6.02. The van der Waals surface area contributed by atoms with Gasteiger partial charge in [0.05, 0.1) is 5.92 Å². The van der Waals surface area contributed by atoms with Crippen LogP contribution in [0.5, 0.6) is 5.75 Å². The van der Waals surface area contributed by atoms with E-state index in [1.807, 2.05) is 48.5 Å². The number of nitrogens with zero attached hydrogens (tertiary/aromatic N) is 1. The third-order valence-electron chi connectivity index (χ3n) is 5.20. The third kappa shape index (κ3) is 2.35. The Labute approximate surface area is 156 Å². The van der Waals surface area contributed by atoms with Crippen molar-refractivity contribution in [3.63, 3.8) is 0 Å². The van der Waals surface area contributed by atoms with Gasteiger partial charge in [-0.15, -0.1) is 0 Å². The summed E-state index contributed by atoms with van der Waals surface area (Å²) in [6.07, 6.45) is 0. The second-order valence-electron chi connectivity index (χ2n) is 6.74. The Hall–Kier alpha value is -3.77. The SMILES string of the molecule is N#CC1=C(N)Oc2c(ccc3cc4ccccc4cc23)C1c1ccccc1. The summed E-state index contributed by atoms with van der Waals surface area (Å²) >= 11 is 0. The molecule has 0 aromatic heterocycles. The summed E-state index contributed by atoms with van der Waals surface area (Å²) in [5, 5.41) is 14.1. The van der Waals surface area contributed by atoms with E-state index in [4.69, 9.17) is 10.5 Å². The molecule has 128 valence electrons. The highest BCUT2D eigenvalue weighted by Crippen LogP contribution is 2.45. The minimum atomic E-state index is -0.226. The predicted octanol–water partition coefficient (Wildman–Crippen LogP) is 5.21. The van der Waals surface area contributed by atoms with E-state index in [1.54, 1.807) is 0 Å². The molecule has 5 rings (SSSR count). The normalized spacial score (nSPS) is 16.0. The topological polar surface area (TPSA) is 59.0 Å². The van der Waals surface area contributed by atoms with E-state index in [1.165, 1.54) is 5.39 Å². The Morgan fingerprint density at radius 2 is 1.52 bits per heavy atom. The van der Waals surface area contributed by atoms with E-state index in [0.717, 1.165) is 33.0 Å². The summed E-state index contributed by atoms with van der Waals surface area (Å²) in [7, 11) is 0. The highest BCUT2D eigenvalue weighted by Gasteiger charge is 2.31. The summed E-state index contributed by atoms with van der Waals surface area (Å²) in [5.41, 5.74) is 8.62. The van der Waals surface area contributed by atoms with Crippen molar-refractivity contribution in [2.45, 2.75) is 5.92 Å². The van der Waals surface area contributed by atoms with E-state index < -0.39 is 0 Å². The fraction of sp³-hybridized carbons (Fsp3) is 0.0417. The zero-order valence-electron chi connectivity index (χ0n) is 14.5. The van der Waals surface area contributed by atoms with Crippen molar-refractivity contribution in [2.75, 3.05) is 0 Å². The summed E-state index contributed by atoms with van der Waals surface area (Å²) in [6.45, 7) is 0. The first-order chi connectivity index (χ1) is 13.3.